The van der Waals surface area contributed by atoms with Crippen LogP contribution >= 0.6 is 31.9 Å². The summed E-state index contributed by atoms with van der Waals surface area (Å²) >= 11 is 6.12. The van der Waals surface area contributed by atoms with Crippen LogP contribution in [-0.4, -0.2) is 33.4 Å². The van der Waals surface area contributed by atoms with Crippen molar-refractivity contribution in [2.75, 3.05) is 5.33 Å². The summed E-state index contributed by atoms with van der Waals surface area (Å²) in [5.41, 5.74) is 0. The number of aliphatic hydroxyl groups is 1. The third kappa shape index (κ3) is 1.35. The molecule has 1 fully saturated rings. The molecule has 1 N–H and O–H groups in total. The molecule has 0 aliphatic carbocycles. The predicted octanol–water partition coefficient (Wildman–Crippen LogP) is 0.431. The van der Waals surface area contributed by atoms with Gasteiger partial charge in [0.2, 0.25) is 0 Å². The van der Waals surface area contributed by atoms with Crippen LogP contribution < -0.4 is 0 Å². The number of cyclic esters (lactones) is 1. The molecule has 0 unspecified atom stereocenters. The van der Waals surface area contributed by atoms with Crippen molar-refractivity contribution in [2.45, 2.75) is 17.0 Å². The number of ether oxygens (including phenoxy) is 1. The fraction of sp³-hybridized carbons (Fsp3) is 0.800. The molecule has 0 aromatic heterocycles. The van der Waals surface area contributed by atoms with Crippen LogP contribution in [-0.2, 0) is 9.53 Å². The fourth-order valence-electron chi connectivity index (χ4n) is 0.735. The minimum atomic E-state index is -0.730. The monoisotopic (exact) mass is 272 g/mol. The van der Waals surface area contributed by atoms with Gasteiger partial charge in [-0.15, -0.1) is 0 Å². The normalized spacial score (nSPS) is 39.9. The number of halogens is 2. The van der Waals surface area contributed by atoms with Gasteiger partial charge in [-0.05, 0) is 0 Å². The first-order valence-corrected chi connectivity index (χ1v) is 4.79. The van der Waals surface area contributed by atoms with E-state index in [0.29, 0.717) is 5.33 Å². The van der Waals surface area contributed by atoms with Crippen molar-refractivity contribution in [3.05, 3.63) is 0 Å². The lowest BCUT2D eigenvalue weighted by molar-refractivity contribution is -0.140. The van der Waals surface area contributed by atoms with Crippen LogP contribution in [0, 0.1) is 0 Å². The Morgan fingerprint density at radius 1 is 1.70 bits per heavy atom. The van der Waals surface area contributed by atoms with E-state index in [1.807, 2.05) is 0 Å². The zero-order chi connectivity index (χ0) is 7.72. The van der Waals surface area contributed by atoms with Gasteiger partial charge in [0.1, 0.15) is 17.0 Å². The van der Waals surface area contributed by atoms with E-state index in [1.165, 1.54) is 0 Å². The molecule has 3 atom stereocenters. The average Bonchev–Trinajstić information content (AvgIpc) is 2.17. The summed E-state index contributed by atoms with van der Waals surface area (Å²) in [5.74, 6) is -0.392. The first-order chi connectivity index (χ1) is 4.66. The summed E-state index contributed by atoms with van der Waals surface area (Å²) in [4.78, 5) is 10.1. The molecule has 1 aliphatic rings. The predicted molar refractivity (Wildman–Crippen MR) is 42.4 cm³/mol. The number of carbonyl (C=O) groups is 1. The summed E-state index contributed by atoms with van der Waals surface area (Å²) in [6.07, 6.45) is -1.14. The van der Waals surface area contributed by atoms with E-state index in [1.54, 1.807) is 0 Å². The lowest BCUT2D eigenvalue weighted by atomic mass is 10.2. The lowest BCUT2D eigenvalue weighted by Gasteiger charge is -2.08. The minimum absolute atomic E-state index is 0.392. The fourth-order valence-corrected chi connectivity index (χ4v) is 1.70. The van der Waals surface area contributed by atoms with Crippen LogP contribution in [0.3, 0.4) is 0 Å². The maximum absolute atomic E-state index is 10.7. The molecule has 10 heavy (non-hydrogen) atoms. The number of carbonyl (C=O) groups excluding carboxylic acids is 1. The second kappa shape index (κ2) is 3.19. The molecule has 58 valence electrons. The van der Waals surface area contributed by atoms with Gasteiger partial charge >= 0.3 is 5.97 Å². The summed E-state index contributed by atoms with van der Waals surface area (Å²) in [6, 6.07) is 0. The molecular formula is C5H6Br2O3. The highest BCUT2D eigenvalue weighted by Gasteiger charge is 2.41. The third-order valence-electron chi connectivity index (χ3n) is 1.33. The molecule has 0 aromatic rings. The minimum Gasteiger partial charge on any atom is -0.458 e. The lowest BCUT2D eigenvalue weighted by Crippen LogP contribution is -2.27. The molecular weight excluding hydrogens is 268 g/mol. The first kappa shape index (κ1) is 8.49. The summed E-state index contributed by atoms with van der Waals surface area (Å²) in [5, 5.41) is 9.68. The molecule has 0 amide bonds. The highest BCUT2D eigenvalue weighted by atomic mass is 79.9. The van der Waals surface area contributed by atoms with E-state index in [4.69, 9.17) is 4.74 Å². The standard InChI is InChI=1S/C5H6Br2O3/c6-1-2-4(8)3(7)5(9)10-2/h2-4,8H,1H2/t2-,3+,4+/m1/s1. The van der Waals surface area contributed by atoms with E-state index in [0.717, 1.165) is 0 Å². The number of esters is 1. The maximum atomic E-state index is 10.7. The zero-order valence-corrected chi connectivity index (χ0v) is 8.13. The molecule has 0 bridgehead atoms. The van der Waals surface area contributed by atoms with Crippen molar-refractivity contribution in [2.24, 2.45) is 0 Å². The SMILES string of the molecule is O=C1O[C@H](CBr)[C@H](O)[C@@H]1Br. The summed E-state index contributed by atoms with van der Waals surface area (Å²) in [6.45, 7) is 0. The molecule has 0 aromatic carbocycles. The summed E-state index contributed by atoms with van der Waals surface area (Å²) in [7, 11) is 0. The van der Waals surface area contributed by atoms with Crippen LogP contribution in [0.5, 0.6) is 0 Å². The number of alkyl halides is 2. The average molecular weight is 274 g/mol. The van der Waals surface area contributed by atoms with Gasteiger partial charge in [0.05, 0.1) is 0 Å². The number of aliphatic hydroxyl groups excluding tert-OH is 1. The van der Waals surface area contributed by atoms with Crippen molar-refractivity contribution >= 4 is 37.8 Å². The van der Waals surface area contributed by atoms with Gasteiger partial charge in [0.15, 0.2) is 0 Å². The largest absolute Gasteiger partial charge is 0.458 e. The Morgan fingerprint density at radius 3 is 2.50 bits per heavy atom. The molecule has 0 radical (unpaired) electrons. The van der Waals surface area contributed by atoms with Crippen molar-refractivity contribution in [3.8, 4) is 0 Å². The second-order valence-corrected chi connectivity index (χ2v) is 3.66. The molecule has 1 aliphatic heterocycles. The Kier molecular flexibility index (Phi) is 2.71. The van der Waals surface area contributed by atoms with E-state index >= 15 is 0 Å². The van der Waals surface area contributed by atoms with Gasteiger partial charge < -0.3 is 9.84 Å². The van der Waals surface area contributed by atoms with Gasteiger partial charge in [0.25, 0.3) is 0 Å². The molecule has 1 rings (SSSR count). The topological polar surface area (TPSA) is 46.5 Å². The Balaban J connectivity index is 2.61. The van der Waals surface area contributed by atoms with Gasteiger partial charge in [-0.3, -0.25) is 4.79 Å². The van der Waals surface area contributed by atoms with Crippen molar-refractivity contribution < 1.29 is 14.6 Å². The highest BCUT2D eigenvalue weighted by molar-refractivity contribution is 9.10. The molecule has 3 nitrogen and oxygen atoms in total. The van der Waals surface area contributed by atoms with Crippen molar-refractivity contribution in [1.82, 2.24) is 0 Å². The van der Waals surface area contributed by atoms with Crippen molar-refractivity contribution in [1.29, 1.82) is 0 Å². The highest BCUT2D eigenvalue weighted by Crippen LogP contribution is 2.23. The quantitative estimate of drug-likeness (QED) is 0.557. The third-order valence-corrected chi connectivity index (χ3v) is 2.88. The number of hydrogen-bond acceptors (Lipinski definition) is 3. The van der Waals surface area contributed by atoms with Gasteiger partial charge in [-0.1, -0.05) is 31.9 Å². The van der Waals surface area contributed by atoms with Gasteiger partial charge in [-0.2, -0.15) is 0 Å². The van der Waals surface area contributed by atoms with E-state index in [-0.39, 0.29) is 0 Å². The Morgan fingerprint density at radius 2 is 2.30 bits per heavy atom. The van der Waals surface area contributed by atoms with Crippen LogP contribution in [0.15, 0.2) is 0 Å². The Labute approximate surface area is 75.0 Å². The molecule has 1 saturated heterocycles. The van der Waals surface area contributed by atoms with Crippen LogP contribution in [0.25, 0.3) is 0 Å². The van der Waals surface area contributed by atoms with Crippen LogP contribution in [0.1, 0.15) is 0 Å². The van der Waals surface area contributed by atoms with Crippen LogP contribution in [0.2, 0.25) is 0 Å². The van der Waals surface area contributed by atoms with E-state index in [2.05, 4.69) is 31.9 Å². The molecule has 5 heteroatoms. The molecule has 0 saturated carbocycles. The van der Waals surface area contributed by atoms with E-state index < -0.39 is 23.0 Å². The second-order valence-electron chi connectivity index (χ2n) is 2.02. The summed E-state index contributed by atoms with van der Waals surface area (Å²) < 4.78 is 4.75. The Hall–Kier alpha value is 0.390. The van der Waals surface area contributed by atoms with Gasteiger partial charge in [0, 0.05) is 5.33 Å². The smallest absolute Gasteiger partial charge is 0.322 e. The van der Waals surface area contributed by atoms with E-state index in [9.17, 15) is 9.90 Å². The number of hydrogen-bond donors (Lipinski definition) is 1. The maximum Gasteiger partial charge on any atom is 0.322 e. The Bertz CT molecular complexity index is 150. The number of rotatable bonds is 1. The molecule has 0 spiro atoms. The van der Waals surface area contributed by atoms with Crippen molar-refractivity contribution in [3.63, 3.8) is 0 Å². The van der Waals surface area contributed by atoms with Gasteiger partial charge in [-0.25, -0.2) is 0 Å². The first-order valence-electron chi connectivity index (χ1n) is 2.75. The van der Waals surface area contributed by atoms with Crippen LogP contribution in [0.4, 0.5) is 0 Å². The molecule has 1 heterocycles. The zero-order valence-electron chi connectivity index (χ0n) is 4.96.